The van der Waals surface area contributed by atoms with Gasteiger partial charge in [0.05, 0.1) is 22.9 Å². The molecule has 2 amide bonds. The highest BCUT2D eigenvalue weighted by Crippen LogP contribution is 2.43. The SMILES string of the molecule is O=C(Nc1cc(Cl)c(-c2cc(F)cnc2F)cc1F)N1[C@H]2CC[C@@H]1c1c[nH]c(=O)cc1C2. The van der Waals surface area contributed by atoms with Crippen LogP contribution in [0.15, 0.2) is 41.5 Å². The van der Waals surface area contributed by atoms with E-state index < -0.39 is 23.6 Å². The third-order valence-corrected chi connectivity index (χ3v) is 6.30. The summed E-state index contributed by atoms with van der Waals surface area (Å²) < 4.78 is 42.3. The van der Waals surface area contributed by atoms with Crippen LogP contribution in [0.3, 0.4) is 0 Å². The first-order valence-electron chi connectivity index (χ1n) is 9.93. The Hall–Kier alpha value is -3.33. The fourth-order valence-electron chi connectivity index (χ4n) is 4.60. The molecule has 1 aromatic carbocycles. The summed E-state index contributed by atoms with van der Waals surface area (Å²) in [4.78, 5) is 32.2. The van der Waals surface area contributed by atoms with Crippen LogP contribution in [0.1, 0.15) is 30.0 Å². The van der Waals surface area contributed by atoms with Gasteiger partial charge in [0.25, 0.3) is 0 Å². The third kappa shape index (κ3) is 3.42. The lowest BCUT2D eigenvalue weighted by Crippen LogP contribution is -2.44. The van der Waals surface area contributed by atoms with Gasteiger partial charge in [-0.25, -0.2) is 18.6 Å². The van der Waals surface area contributed by atoms with Gasteiger partial charge in [0.2, 0.25) is 11.5 Å². The van der Waals surface area contributed by atoms with Crippen molar-refractivity contribution in [1.82, 2.24) is 14.9 Å². The second-order valence-electron chi connectivity index (χ2n) is 7.87. The summed E-state index contributed by atoms with van der Waals surface area (Å²) in [5.74, 6) is -2.64. The van der Waals surface area contributed by atoms with Crippen LogP contribution in [0.5, 0.6) is 0 Å². The molecule has 1 saturated heterocycles. The number of hydrogen-bond donors (Lipinski definition) is 2. The smallest absolute Gasteiger partial charge is 0.322 e. The maximum Gasteiger partial charge on any atom is 0.322 e. The predicted octanol–water partition coefficient (Wildman–Crippen LogP) is 4.80. The average molecular weight is 461 g/mol. The van der Waals surface area contributed by atoms with Crippen molar-refractivity contribution in [3.8, 4) is 11.1 Å². The molecule has 164 valence electrons. The second-order valence-corrected chi connectivity index (χ2v) is 8.28. The molecule has 2 aromatic heterocycles. The molecule has 32 heavy (non-hydrogen) atoms. The molecule has 0 aliphatic carbocycles. The number of anilines is 1. The van der Waals surface area contributed by atoms with Crippen LogP contribution in [0.2, 0.25) is 5.02 Å². The summed E-state index contributed by atoms with van der Waals surface area (Å²) in [7, 11) is 0. The summed E-state index contributed by atoms with van der Waals surface area (Å²) in [6, 6.07) is 3.66. The molecule has 2 atom stereocenters. The number of pyridine rings is 2. The van der Waals surface area contributed by atoms with E-state index in [0.29, 0.717) is 12.6 Å². The molecular weight excluding hydrogens is 445 g/mol. The third-order valence-electron chi connectivity index (χ3n) is 5.99. The molecule has 0 spiro atoms. The highest BCUT2D eigenvalue weighted by Gasteiger charge is 2.43. The maximum absolute atomic E-state index is 14.8. The number of benzene rings is 1. The number of aromatic nitrogens is 2. The van der Waals surface area contributed by atoms with Gasteiger partial charge < -0.3 is 15.2 Å². The Morgan fingerprint density at radius 2 is 1.97 bits per heavy atom. The van der Waals surface area contributed by atoms with E-state index in [4.69, 9.17) is 11.6 Å². The Labute approximate surface area is 185 Å². The molecule has 1 fully saturated rings. The fourth-order valence-corrected chi connectivity index (χ4v) is 4.87. The van der Waals surface area contributed by atoms with Crippen molar-refractivity contribution < 1.29 is 18.0 Å². The molecule has 2 bridgehead atoms. The number of nitrogens with zero attached hydrogens (tertiary/aromatic N) is 2. The summed E-state index contributed by atoms with van der Waals surface area (Å²) in [6.45, 7) is 0. The first kappa shape index (κ1) is 20.6. The normalized spacial score (nSPS) is 19.1. The maximum atomic E-state index is 14.8. The highest BCUT2D eigenvalue weighted by molar-refractivity contribution is 6.33. The lowest BCUT2D eigenvalue weighted by atomic mass is 9.95. The number of urea groups is 1. The lowest BCUT2D eigenvalue weighted by Gasteiger charge is -2.36. The van der Waals surface area contributed by atoms with Gasteiger partial charge in [-0.3, -0.25) is 4.79 Å². The van der Waals surface area contributed by atoms with Gasteiger partial charge in [0.1, 0.15) is 11.6 Å². The van der Waals surface area contributed by atoms with E-state index >= 15 is 0 Å². The first-order valence-corrected chi connectivity index (χ1v) is 10.3. The number of hydrogen-bond acceptors (Lipinski definition) is 3. The summed E-state index contributed by atoms with van der Waals surface area (Å²) in [5.41, 5.74) is 1.04. The van der Waals surface area contributed by atoms with Crippen molar-refractivity contribution in [3.63, 3.8) is 0 Å². The van der Waals surface area contributed by atoms with Crippen LogP contribution in [0.4, 0.5) is 23.7 Å². The number of rotatable bonds is 2. The molecular formula is C22H16ClF3N4O2. The molecule has 4 heterocycles. The average Bonchev–Trinajstić information content (AvgIpc) is 3.07. The van der Waals surface area contributed by atoms with Crippen molar-refractivity contribution in [2.45, 2.75) is 31.3 Å². The minimum absolute atomic E-state index is 0.0717. The molecule has 0 unspecified atom stereocenters. The van der Waals surface area contributed by atoms with E-state index in [0.717, 1.165) is 42.2 Å². The topological polar surface area (TPSA) is 78.1 Å². The van der Waals surface area contributed by atoms with Gasteiger partial charge in [0, 0.05) is 29.4 Å². The van der Waals surface area contributed by atoms with Crippen molar-refractivity contribution in [2.75, 3.05) is 5.32 Å². The molecule has 5 rings (SSSR count). The van der Waals surface area contributed by atoms with Crippen molar-refractivity contribution in [3.05, 3.63) is 80.7 Å². The molecule has 3 aromatic rings. The summed E-state index contributed by atoms with van der Waals surface area (Å²) in [6.07, 6.45) is 4.35. The van der Waals surface area contributed by atoms with Gasteiger partial charge >= 0.3 is 6.03 Å². The fraction of sp³-hybridized carbons (Fsp3) is 0.227. The monoisotopic (exact) mass is 460 g/mol. The Kier molecular flexibility index (Phi) is 4.93. The number of halogens is 4. The van der Waals surface area contributed by atoms with Crippen molar-refractivity contribution >= 4 is 23.3 Å². The standard InChI is InChI=1S/C22H16ClF3N4O2/c23-16-7-18(17(25)6-13(16)14-5-11(24)8-28-21(14)26)29-22(32)30-12-1-2-19(30)15-9-27-20(31)4-10(15)3-12/h4-9,12,19H,1-3H2,(H,27,31)(H,29,32)/t12-,19+/m0/s1. The number of carbonyl (C=O) groups is 1. The largest absolute Gasteiger partial charge is 0.329 e. The molecule has 2 N–H and O–H groups in total. The Bertz CT molecular complexity index is 1310. The van der Waals surface area contributed by atoms with E-state index in [1.54, 1.807) is 17.2 Å². The highest BCUT2D eigenvalue weighted by atomic mass is 35.5. The van der Waals surface area contributed by atoms with Crippen LogP contribution in [0.25, 0.3) is 11.1 Å². The van der Waals surface area contributed by atoms with Gasteiger partial charge in [-0.05, 0) is 48.6 Å². The van der Waals surface area contributed by atoms with E-state index in [2.05, 4.69) is 15.3 Å². The number of nitrogens with one attached hydrogen (secondary N) is 2. The zero-order valence-electron chi connectivity index (χ0n) is 16.5. The van der Waals surface area contributed by atoms with Crippen molar-refractivity contribution in [2.24, 2.45) is 0 Å². The number of H-pyrrole nitrogens is 1. The predicted molar refractivity (Wildman–Crippen MR) is 112 cm³/mol. The summed E-state index contributed by atoms with van der Waals surface area (Å²) >= 11 is 6.20. The van der Waals surface area contributed by atoms with Crippen LogP contribution in [-0.4, -0.2) is 26.9 Å². The van der Waals surface area contributed by atoms with Gasteiger partial charge in [-0.1, -0.05) is 11.6 Å². The second kappa shape index (κ2) is 7.67. The van der Waals surface area contributed by atoms with Gasteiger partial charge in [0.15, 0.2) is 0 Å². The Morgan fingerprint density at radius 3 is 2.78 bits per heavy atom. The van der Waals surface area contributed by atoms with E-state index in [-0.39, 0.29) is 39.5 Å². The minimum atomic E-state index is -0.994. The van der Waals surface area contributed by atoms with Crippen LogP contribution < -0.4 is 10.9 Å². The number of aromatic amines is 1. The van der Waals surface area contributed by atoms with E-state index in [1.165, 1.54) is 0 Å². The van der Waals surface area contributed by atoms with Crippen LogP contribution in [-0.2, 0) is 6.42 Å². The van der Waals surface area contributed by atoms with Crippen molar-refractivity contribution in [1.29, 1.82) is 0 Å². The molecule has 0 saturated carbocycles. The number of amides is 2. The summed E-state index contributed by atoms with van der Waals surface area (Å²) in [5, 5.41) is 2.47. The Morgan fingerprint density at radius 1 is 1.16 bits per heavy atom. The molecule has 2 aliphatic rings. The molecule has 6 nitrogen and oxygen atoms in total. The molecule has 0 radical (unpaired) electrons. The van der Waals surface area contributed by atoms with E-state index in [1.807, 2.05) is 0 Å². The van der Waals surface area contributed by atoms with E-state index in [9.17, 15) is 22.8 Å². The van der Waals surface area contributed by atoms with Gasteiger partial charge in [-0.15, -0.1) is 0 Å². The molecule has 10 heteroatoms. The quantitative estimate of drug-likeness (QED) is 0.539. The number of fused-ring (bicyclic) bond motifs is 4. The first-order chi connectivity index (χ1) is 15.3. The zero-order valence-corrected chi connectivity index (χ0v) is 17.2. The van der Waals surface area contributed by atoms with Crippen LogP contribution >= 0.6 is 11.6 Å². The Balaban J connectivity index is 1.43. The molecule has 2 aliphatic heterocycles. The number of carbonyl (C=O) groups excluding carboxylic acids is 1. The lowest BCUT2D eigenvalue weighted by molar-refractivity contribution is 0.179. The zero-order chi connectivity index (χ0) is 22.6. The van der Waals surface area contributed by atoms with Gasteiger partial charge in [-0.2, -0.15) is 4.39 Å². The van der Waals surface area contributed by atoms with Crippen LogP contribution in [0, 0.1) is 17.6 Å². The minimum Gasteiger partial charge on any atom is -0.329 e.